The molecule has 188 valence electrons. The van der Waals surface area contributed by atoms with Crippen LogP contribution in [-0.2, 0) is 4.79 Å². The van der Waals surface area contributed by atoms with E-state index >= 15 is 0 Å². The maximum atomic E-state index is 9.26. The van der Waals surface area contributed by atoms with Crippen molar-refractivity contribution in [1.82, 2.24) is 0 Å². The van der Waals surface area contributed by atoms with Crippen molar-refractivity contribution in [1.29, 1.82) is 0 Å². The second-order valence-electron chi connectivity index (χ2n) is 9.53. The first kappa shape index (κ1) is 32.6. The molecule has 0 aliphatic rings. The first-order valence-corrected chi connectivity index (χ1v) is 14.1. The molecule has 3 heteroatoms. The van der Waals surface area contributed by atoms with Crippen molar-refractivity contribution in [2.75, 3.05) is 0 Å². The van der Waals surface area contributed by atoms with Crippen LogP contribution in [0.1, 0.15) is 168 Å². The van der Waals surface area contributed by atoms with Gasteiger partial charge in [0, 0.05) is 5.97 Å². The Morgan fingerprint density at radius 1 is 0.548 bits per heavy atom. The fourth-order valence-electron chi connectivity index (χ4n) is 3.99. The van der Waals surface area contributed by atoms with Crippen LogP contribution >= 0.6 is 0 Å². The summed E-state index contributed by atoms with van der Waals surface area (Å²) in [7, 11) is 0. The number of hydrogen-bond acceptors (Lipinski definition) is 2. The molecular weight excluding hydrogens is 382 g/mol. The molecular formula is C28H59NO2. The molecule has 0 saturated carbocycles. The lowest BCUT2D eigenvalue weighted by Crippen LogP contribution is -2.60. The molecule has 0 bridgehead atoms. The number of carbonyl (C=O) groups is 1. The van der Waals surface area contributed by atoms with E-state index in [1.165, 1.54) is 148 Å². The van der Waals surface area contributed by atoms with Gasteiger partial charge < -0.3 is 15.6 Å². The fourth-order valence-corrected chi connectivity index (χ4v) is 3.99. The highest BCUT2D eigenvalue weighted by molar-refractivity contribution is 5.63. The summed E-state index contributed by atoms with van der Waals surface area (Å²) in [6.45, 7) is 6.13. The molecule has 3 N–H and O–H groups in total. The van der Waals surface area contributed by atoms with E-state index in [1.807, 2.05) is 0 Å². The molecule has 3 nitrogen and oxygen atoms in total. The number of carbonyl (C=O) groups excluding carboxylic acids is 1. The normalized spacial score (nSPS) is 10.9. The lowest BCUT2D eigenvalue weighted by Gasteiger charge is -2.08. The molecule has 0 aliphatic carbocycles. The topological polar surface area (TPSA) is 67.8 Å². The van der Waals surface area contributed by atoms with Crippen molar-refractivity contribution in [2.24, 2.45) is 0 Å². The van der Waals surface area contributed by atoms with Gasteiger partial charge in [-0.05, 0) is 32.1 Å². The van der Waals surface area contributed by atoms with Crippen molar-refractivity contribution in [3.8, 4) is 0 Å². The Kier molecular flexibility index (Phi) is 31.0. The Morgan fingerprint density at radius 2 is 0.774 bits per heavy atom. The first-order valence-electron chi connectivity index (χ1n) is 14.1. The van der Waals surface area contributed by atoms with Gasteiger partial charge in [-0.2, -0.15) is 0 Å². The predicted molar refractivity (Wildman–Crippen MR) is 135 cm³/mol. The van der Waals surface area contributed by atoms with Crippen LogP contribution in [0.3, 0.4) is 0 Å². The third kappa shape index (κ3) is 34.2. The quantitative estimate of drug-likeness (QED) is 0.168. The largest absolute Gasteiger partial charge is 0.550 e. The zero-order valence-corrected chi connectivity index (χ0v) is 21.9. The Labute approximate surface area is 196 Å². The number of rotatable bonds is 23. The van der Waals surface area contributed by atoms with Gasteiger partial charge in [0.1, 0.15) is 0 Å². The van der Waals surface area contributed by atoms with E-state index in [9.17, 15) is 9.90 Å². The van der Waals surface area contributed by atoms with Crippen LogP contribution in [0.15, 0.2) is 0 Å². The summed E-state index contributed by atoms with van der Waals surface area (Å²) in [5.41, 5.74) is 4.39. The molecule has 0 spiro atoms. The summed E-state index contributed by atoms with van der Waals surface area (Å²) >= 11 is 0. The summed E-state index contributed by atoms with van der Waals surface area (Å²) in [6, 6.07) is 0.720. The lowest BCUT2D eigenvalue weighted by atomic mass is 10.00. The number of aliphatic carboxylic acids is 1. The lowest BCUT2D eigenvalue weighted by molar-refractivity contribution is -0.423. The van der Waals surface area contributed by atoms with Gasteiger partial charge in [0.15, 0.2) is 0 Å². The summed E-state index contributed by atoms with van der Waals surface area (Å²) in [4.78, 5) is 9.26. The van der Waals surface area contributed by atoms with E-state index in [-0.39, 0.29) is 6.42 Å². The third-order valence-electron chi connectivity index (χ3n) is 6.22. The Morgan fingerprint density at radius 3 is 1.00 bits per heavy atom. The zero-order chi connectivity index (χ0) is 23.4. The summed E-state index contributed by atoms with van der Waals surface area (Å²) in [5, 5.41) is 9.26. The summed E-state index contributed by atoms with van der Waals surface area (Å²) in [5.74, 6) is -0.995. The first-order chi connectivity index (χ1) is 15.1. The number of quaternary nitrogens is 1. The molecule has 0 atom stereocenters. The van der Waals surface area contributed by atoms with E-state index in [1.54, 1.807) is 0 Å². The van der Waals surface area contributed by atoms with Gasteiger partial charge in [0.05, 0.1) is 6.04 Å². The van der Waals surface area contributed by atoms with E-state index in [0.29, 0.717) is 0 Å². The molecule has 0 radical (unpaired) electrons. The molecule has 0 heterocycles. The molecule has 0 fully saturated rings. The summed E-state index contributed by atoms with van der Waals surface area (Å²) in [6.07, 6.45) is 31.7. The number of hydrogen-bond donors (Lipinski definition) is 1. The van der Waals surface area contributed by atoms with Crippen molar-refractivity contribution < 1.29 is 15.6 Å². The standard InChI is InChI=1S/C25H53N.C3H6O2/c1-3-5-7-9-11-13-15-17-19-21-23-25(26)24-22-20-18-16-14-12-10-8-6-4-2;1-2-3(4)5/h25H,3-24,26H2,1-2H3;2H2,1H3,(H,4,5). The van der Waals surface area contributed by atoms with Crippen LogP contribution in [0.2, 0.25) is 0 Å². The molecule has 0 unspecified atom stereocenters. The molecule has 31 heavy (non-hydrogen) atoms. The predicted octanol–water partition coefficient (Wildman–Crippen LogP) is 7.37. The number of carboxylic acid groups (broad SMARTS) is 1. The molecule has 0 amide bonds. The Balaban J connectivity index is 0. The molecule has 0 aromatic carbocycles. The fraction of sp³-hybridized carbons (Fsp3) is 0.964. The molecule has 0 saturated heterocycles. The van der Waals surface area contributed by atoms with Crippen LogP contribution in [-0.4, -0.2) is 12.0 Å². The van der Waals surface area contributed by atoms with Crippen LogP contribution < -0.4 is 10.8 Å². The third-order valence-corrected chi connectivity index (χ3v) is 6.22. The van der Waals surface area contributed by atoms with Crippen LogP contribution in [0.25, 0.3) is 0 Å². The maximum Gasteiger partial charge on any atom is 0.0843 e. The van der Waals surface area contributed by atoms with E-state index in [4.69, 9.17) is 0 Å². The van der Waals surface area contributed by atoms with Gasteiger partial charge >= 0.3 is 0 Å². The van der Waals surface area contributed by atoms with Crippen LogP contribution in [0.4, 0.5) is 0 Å². The molecule has 0 aromatic heterocycles. The van der Waals surface area contributed by atoms with Crippen molar-refractivity contribution >= 4 is 5.97 Å². The maximum absolute atomic E-state index is 9.26. The zero-order valence-electron chi connectivity index (χ0n) is 21.9. The minimum absolute atomic E-state index is 0.111. The Bertz CT molecular complexity index is 309. The van der Waals surface area contributed by atoms with Gasteiger partial charge in [0.25, 0.3) is 0 Å². The van der Waals surface area contributed by atoms with Crippen LogP contribution in [0, 0.1) is 0 Å². The minimum atomic E-state index is -0.995. The van der Waals surface area contributed by atoms with Crippen molar-refractivity contribution in [2.45, 2.75) is 174 Å². The number of unbranched alkanes of at least 4 members (excludes halogenated alkanes) is 18. The minimum Gasteiger partial charge on any atom is -0.550 e. The van der Waals surface area contributed by atoms with E-state index in [0.717, 1.165) is 6.04 Å². The van der Waals surface area contributed by atoms with Gasteiger partial charge in [-0.25, -0.2) is 0 Å². The smallest absolute Gasteiger partial charge is 0.0843 e. The van der Waals surface area contributed by atoms with Gasteiger partial charge in [-0.15, -0.1) is 0 Å². The highest BCUT2D eigenvalue weighted by Crippen LogP contribution is 2.14. The molecule has 0 aromatic rings. The molecule has 0 aliphatic heterocycles. The van der Waals surface area contributed by atoms with Gasteiger partial charge in [-0.3, -0.25) is 0 Å². The second-order valence-corrected chi connectivity index (χ2v) is 9.53. The molecule has 0 rings (SSSR count). The average Bonchev–Trinajstić information content (AvgIpc) is 2.76. The SMILES string of the molecule is CCC(=O)[O-].CCCCCCCCCCCCC([NH3+])CCCCCCCCCCCC. The Hall–Kier alpha value is -0.570. The average molecular weight is 442 g/mol. The highest BCUT2D eigenvalue weighted by Gasteiger charge is 2.05. The van der Waals surface area contributed by atoms with E-state index in [2.05, 4.69) is 19.6 Å². The van der Waals surface area contributed by atoms with Crippen LogP contribution in [0.5, 0.6) is 0 Å². The number of carboxylic acids is 1. The van der Waals surface area contributed by atoms with E-state index < -0.39 is 5.97 Å². The van der Waals surface area contributed by atoms with Crippen molar-refractivity contribution in [3.05, 3.63) is 0 Å². The van der Waals surface area contributed by atoms with Crippen molar-refractivity contribution in [3.63, 3.8) is 0 Å². The second kappa shape index (κ2) is 29.4. The monoisotopic (exact) mass is 441 g/mol. The highest BCUT2D eigenvalue weighted by atomic mass is 16.4. The van der Waals surface area contributed by atoms with Gasteiger partial charge in [0.2, 0.25) is 0 Å². The van der Waals surface area contributed by atoms with Gasteiger partial charge in [-0.1, -0.05) is 136 Å². The summed E-state index contributed by atoms with van der Waals surface area (Å²) < 4.78 is 0.